The highest BCUT2D eigenvalue weighted by Gasteiger charge is 2.39. The van der Waals surface area contributed by atoms with Gasteiger partial charge in [-0.2, -0.15) is 10.5 Å². The van der Waals surface area contributed by atoms with Crippen LogP contribution in [-0.2, 0) is 16.0 Å². The average Bonchev–Trinajstić information content (AvgIpc) is 3.08. The summed E-state index contributed by atoms with van der Waals surface area (Å²) >= 11 is 0. The fourth-order valence-corrected chi connectivity index (χ4v) is 5.17. The van der Waals surface area contributed by atoms with E-state index in [1.807, 2.05) is 84.9 Å². The van der Waals surface area contributed by atoms with E-state index in [0.717, 1.165) is 0 Å². The van der Waals surface area contributed by atoms with Crippen LogP contribution in [-0.4, -0.2) is 5.97 Å². The molecule has 0 heterocycles. The second kappa shape index (κ2) is 13.2. The predicted molar refractivity (Wildman–Crippen MR) is 172 cm³/mol. The van der Waals surface area contributed by atoms with Crippen molar-refractivity contribution in [3.63, 3.8) is 0 Å². The molecule has 0 N–H and O–H groups in total. The first kappa shape index (κ1) is 30.6. The smallest absolute Gasteiger partial charge is 0.308 e. The first-order valence-electron chi connectivity index (χ1n) is 14.6. The first-order chi connectivity index (χ1) is 21.8. The van der Waals surface area contributed by atoms with Crippen molar-refractivity contribution in [3.05, 3.63) is 161 Å². The molecule has 6 nitrogen and oxygen atoms in total. The van der Waals surface area contributed by atoms with Crippen LogP contribution in [0.2, 0.25) is 0 Å². The third-order valence-electron chi connectivity index (χ3n) is 7.55. The molecule has 5 aromatic rings. The second-order valence-electron chi connectivity index (χ2n) is 10.9. The van der Waals surface area contributed by atoms with E-state index in [9.17, 15) is 15.3 Å². The van der Waals surface area contributed by atoms with E-state index in [2.05, 4.69) is 26.0 Å². The molecular formula is C39H32N2O4. The van der Waals surface area contributed by atoms with Crippen molar-refractivity contribution in [2.75, 3.05) is 0 Å². The Morgan fingerprint density at radius 3 is 1.27 bits per heavy atom. The molecule has 0 unspecified atom stereocenters. The summed E-state index contributed by atoms with van der Waals surface area (Å²) in [5.74, 6) is 1.27. The number of nitriles is 2. The molecule has 0 aliphatic heterocycles. The Labute approximate surface area is 263 Å². The molecule has 45 heavy (non-hydrogen) atoms. The molecule has 5 rings (SSSR count). The Morgan fingerprint density at radius 2 is 0.911 bits per heavy atom. The van der Waals surface area contributed by atoms with Gasteiger partial charge in [0.1, 0.15) is 29.4 Å². The van der Waals surface area contributed by atoms with Gasteiger partial charge in [-0.1, -0.05) is 86.6 Å². The van der Waals surface area contributed by atoms with Crippen molar-refractivity contribution in [2.24, 2.45) is 0 Å². The van der Waals surface area contributed by atoms with Gasteiger partial charge in [0.25, 0.3) is 0 Å². The number of carbonyl (C=O) groups is 1. The van der Waals surface area contributed by atoms with Crippen molar-refractivity contribution in [1.82, 2.24) is 0 Å². The molecule has 6 heteroatoms. The Balaban J connectivity index is 1.54. The Kier molecular flexibility index (Phi) is 8.98. The number of hydrogen-bond donors (Lipinski definition) is 0. The standard InChI is InChI=1S/C39H32N2O4/c1-28(2)30-14-20-36(21-15-30)44-39(27-41,32-12-8-5-9-13-32)34-18-24-37(25-19-34)45-38(26-40,31-10-6-4-7-11-31)33-16-22-35(23-17-33)43-29(3)42/h4-25,28H,1-3H3/t38-,39+/m0/s1. The summed E-state index contributed by atoms with van der Waals surface area (Å²) in [7, 11) is 0. The number of carbonyl (C=O) groups excluding carboxylic acids is 1. The molecule has 0 aliphatic carbocycles. The van der Waals surface area contributed by atoms with Gasteiger partial charge in [0, 0.05) is 29.2 Å². The monoisotopic (exact) mass is 592 g/mol. The van der Waals surface area contributed by atoms with Crippen LogP contribution in [0.25, 0.3) is 0 Å². The fourth-order valence-electron chi connectivity index (χ4n) is 5.17. The zero-order chi connectivity index (χ0) is 31.9. The summed E-state index contributed by atoms with van der Waals surface area (Å²) in [5.41, 5.74) is 0.671. The van der Waals surface area contributed by atoms with E-state index in [0.29, 0.717) is 45.4 Å². The molecule has 0 aromatic heterocycles. The van der Waals surface area contributed by atoms with Gasteiger partial charge >= 0.3 is 5.97 Å². The highest BCUT2D eigenvalue weighted by Crippen LogP contribution is 2.39. The van der Waals surface area contributed by atoms with Crippen LogP contribution < -0.4 is 14.2 Å². The molecule has 0 fully saturated rings. The number of nitrogens with zero attached hydrogens (tertiary/aromatic N) is 2. The zero-order valence-corrected chi connectivity index (χ0v) is 25.3. The summed E-state index contributed by atoms with van der Waals surface area (Å²) in [6.45, 7) is 5.58. The third kappa shape index (κ3) is 6.42. The van der Waals surface area contributed by atoms with Crippen LogP contribution in [0, 0.1) is 22.7 Å². The van der Waals surface area contributed by atoms with Crippen LogP contribution in [0.5, 0.6) is 17.2 Å². The molecule has 0 saturated heterocycles. The van der Waals surface area contributed by atoms with E-state index in [-0.39, 0.29) is 0 Å². The van der Waals surface area contributed by atoms with Crippen LogP contribution in [0.15, 0.2) is 133 Å². The fraction of sp³-hybridized carbons (Fsp3) is 0.154. The van der Waals surface area contributed by atoms with Crippen molar-refractivity contribution in [2.45, 2.75) is 37.9 Å². The van der Waals surface area contributed by atoms with Gasteiger partial charge in [0.05, 0.1) is 0 Å². The van der Waals surface area contributed by atoms with Gasteiger partial charge in [-0.15, -0.1) is 0 Å². The minimum absolute atomic E-state index is 0.364. The molecule has 0 radical (unpaired) electrons. The summed E-state index contributed by atoms with van der Waals surface area (Å²) < 4.78 is 18.2. The molecule has 0 aliphatic rings. The van der Waals surface area contributed by atoms with Gasteiger partial charge in [-0.25, -0.2) is 0 Å². The van der Waals surface area contributed by atoms with Gasteiger partial charge in [-0.3, -0.25) is 4.79 Å². The maximum absolute atomic E-state index is 11.4. The van der Waals surface area contributed by atoms with E-state index in [1.165, 1.54) is 12.5 Å². The molecule has 0 amide bonds. The number of rotatable bonds is 10. The number of hydrogen-bond acceptors (Lipinski definition) is 6. The molecule has 2 atom stereocenters. The molecule has 5 aromatic carbocycles. The van der Waals surface area contributed by atoms with Crippen LogP contribution in [0.4, 0.5) is 0 Å². The first-order valence-corrected chi connectivity index (χ1v) is 14.6. The maximum Gasteiger partial charge on any atom is 0.308 e. The lowest BCUT2D eigenvalue weighted by atomic mass is 9.86. The van der Waals surface area contributed by atoms with Gasteiger partial charge < -0.3 is 14.2 Å². The summed E-state index contributed by atoms with van der Waals surface area (Å²) in [5, 5.41) is 21.3. The Hall–Kier alpha value is -5.85. The van der Waals surface area contributed by atoms with Crippen LogP contribution in [0.1, 0.15) is 54.5 Å². The maximum atomic E-state index is 11.4. The third-order valence-corrected chi connectivity index (χ3v) is 7.55. The van der Waals surface area contributed by atoms with Crippen molar-refractivity contribution in [3.8, 4) is 29.4 Å². The largest absolute Gasteiger partial charge is 0.464 e. The zero-order valence-electron chi connectivity index (χ0n) is 25.3. The van der Waals surface area contributed by atoms with E-state index in [4.69, 9.17) is 14.2 Å². The quantitative estimate of drug-likeness (QED) is 0.119. The number of ether oxygens (including phenoxy) is 3. The molecular weight excluding hydrogens is 560 g/mol. The van der Waals surface area contributed by atoms with E-state index >= 15 is 0 Å². The normalized spacial score (nSPS) is 13.4. The van der Waals surface area contributed by atoms with E-state index < -0.39 is 17.2 Å². The number of benzene rings is 5. The molecule has 0 bridgehead atoms. The lowest BCUT2D eigenvalue weighted by Crippen LogP contribution is -2.34. The highest BCUT2D eigenvalue weighted by molar-refractivity contribution is 5.69. The van der Waals surface area contributed by atoms with E-state index in [1.54, 1.807) is 48.5 Å². The second-order valence-corrected chi connectivity index (χ2v) is 10.9. The minimum Gasteiger partial charge on any atom is -0.464 e. The molecule has 222 valence electrons. The van der Waals surface area contributed by atoms with Gasteiger partial charge in [0.15, 0.2) is 0 Å². The predicted octanol–water partition coefficient (Wildman–Crippen LogP) is 8.43. The van der Waals surface area contributed by atoms with Crippen LogP contribution in [0.3, 0.4) is 0 Å². The molecule has 0 spiro atoms. The van der Waals surface area contributed by atoms with Gasteiger partial charge in [0.2, 0.25) is 11.2 Å². The topological polar surface area (TPSA) is 92.3 Å². The Bertz CT molecular complexity index is 1820. The highest BCUT2D eigenvalue weighted by atomic mass is 16.5. The minimum atomic E-state index is -1.52. The lowest BCUT2D eigenvalue weighted by Gasteiger charge is -2.31. The van der Waals surface area contributed by atoms with Gasteiger partial charge in [-0.05, 0) is 72.1 Å². The number of esters is 1. The summed E-state index contributed by atoms with van der Waals surface area (Å²) in [6.07, 6.45) is 0. The van der Waals surface area contributed by atoms with Crippen molar-refractivity contribution < 1.29 is 19.0 Å². The molecule has 0 saturated carbocycles. The average molecular weight is 593 g/mol. The lowest BCUT2D eigenvalue weighted by molar-refractivity contribution is -0.131. The van der Waals surface area contributed by atoms with Crippen molar-refractivity contribution >= 4 is 5.97 Å². The Morgan fingerprint density at radius 1 is 0.556 bits per heavy atom. The summed E-state index contributed by atoms with van der Waals surface area (Å²) in [4.78, 5) is 11.4. The van der Waals surface area contributed by atoms with Crippen molar-refractivity contribution in [1.29, 1.82) is 10.5 Å². The summed E-state index contributed by atoms with van der Waals surface area (Å²) in [6, 6.07) is 44.9. The van der Waals surface area contributed by atoms with Crippen LogP contribution >= 0.6 is 0 Å². The SMILES string of the molecule is CC(=O)Oc1ccc([C@@](C#N)(Oc2ccc([C@](C#N)(Oc3ccc(C(C)C)cc3)c3ccccc3)cc2)c2ccccc2)cc1.